The maximum absolute atomic E-state index is 3.72. The maximum atomic E-state index is 3.72. The van der Waals surface area contributed by atoms with Crippen LogP contribution in [0.4, 0.5) is 0 Å². The second-order valence-electron chi connectivity index (χ2n) is 4.56. The van der Waals surface area contributed by atoms with E-state index in [1.807, 2.05) is 0 Å². The Morgan fingerprint density at radius 2 is 2.15 bits per heavy atom. The van der Waals surface area contributed by atoms with E-state index in [9.17, 15) is 0 Å². The summed E-state index contributed by atoms with van der Waals surface area (Å²) < 4.78 is 0. The molecule has 0 aromatic rings. The summed E-state index contributed by atoms with van der Waals surface area (Å²) in [6.07, 6.45) is 7.20. The highest BCUT2D eigenvalue weighted by atomic mass is 32.2. The highest BCUT2D eigenvalue weighted by Gasteiger charge is 2.26. The van der Waals surface area contributed by atoms with Crippen molar-refractivity contribution in [2.75, 3.05) is 12.3 Å². The van der Waals surface area contributed by atoms with Gasteiger partial charge in [0, 0.05) is 17.8 Å². The van der Waals surface area contributed by atoms with Crippen LogP contribution in [0, 0.1) is 5.92 Å². The third-order valence-corrected chi connectivity index (χ3v) is 4.90. The molecule has 1 heterocycles. The molecule has 1 saturated heterocycles. The molecule has 2 aliphatic rings. The van der Waals surface area contributed by atoms with E-state index in [1.165, 1.54) is 44.4 Å². The first-order valence-corrected chi connectivity index (χ1v) is 6.76. The first kappa shape index (κ1) is 9.85. The molecular formula is C11H21NS. The molecule has 0 aromatic carbocycles. The summed E-state index contributed by atoms with van der Waals surface area (Å²) in [5, 5.41) is 4.64. The Morgan fingerprint density at radius 3 is 2.69 bits per heavy atom. The van der Waals surface area contributed by atoms with Gasteiger partial charge in [-0.3, -0.25) is 0 Å². The van der Waals surface area contributed by atoms with E-state index >= 15 is 0 Å². The quantitative estimate of drug-likeness (QED) is 0.750. The molecule has 3 unspecified atom stereocenters. The van der Waals surface area contributed by atoms with Crippen LogP contribution in [0.15, 0.2) is 0 Å². The number of hydrogen-bond acceptors (Lipinski definition) is 2. The van der Waals surface area contributed by atoms with Crippen LogP contribution >= 0.6 is 11.8 Å². The van der Waals surface area contributed by atoms with Gasteiger partial charge in [0.2, 0.25) is 0 Å². The minimum atomic E-state index is 0.850. The zero-order valence-corrected chi connectivity index (χ0v) is 9.41. The van der Waals surface area contributed by atoms with Gasteiger partial charge in [-0.05, 0) is 37.4 Å². The Bertz CT molecular complexity index is 154. The van der Waals surface area contributed by atoms with E-state index in [0.29, 0.717) is 0 Å². The fourth-order valence-electron chi connectivity index (χ4n) is 2.22. The Hall–Kier alpha value is 0.310. The first-order valence-electron chi connectivity index (χ1n) is 5.71. The van der Waals surface area contributed by atoms with Crippen molar-refractivity contribution in [3.63, 3.8) is 0 Å². The topological polar surface area (TPSA) is 12.0 Å². The molecular weight excluding hydrogens is 178 g/mol. The molecule has 2 rings (SSSR count). The van der Waals surface area contributed by atoms with Crippen molar-refractivity contribution in [3.8, 4) is 0 Å². The third kappa shape index (κ3) is 2.63. The average Bonchev–Trinajstić information content (AvgIpc) is 2.17. The molecule has 2 heteroatoms. The monoisotopic (exact) mass is 199 g/mol. The summed E-state index contributed by atoms with van der Waals surface area (Å²) in [5.74, 6) is 2.33. The minimum Gasteiger partial charge on any atom is -0.313 e. The van der Waals surface area contributed by atoms with Crippen molar-refractivity contribution in [2.24, 2.45) is 5.92 Å². The lowest BCUT2D eigenvalue weighted by molar-refractivity contribution is 0.230. The summed E-state index contributed by atoms with van der Waals surface area (Å²) >= 11 is 2.18. The van der Waals surface area contributed by atoms with Crippen molar-refractivity contribution in [1.82, 2.24) is 5.32 Å². The van der Waals surface area contributed by atoms with Crippen LogP contribution in [-0.2, 0) is 0 Å². The lowest BCUT2D eigenvalue weighted by atomic mass is 9.81. The summed E-state index contributed by atoms with van der Waals surface area (Å²) in [4.78, 5) is 0. The molecule has 0 spiro atoms. The van der Waals surface area contributed by atoms with E-state index < -0.39 is 0 Å². The normalized spacial score (nSPS) is 39.9. The van der Waals surface area contributed by atoms with Crippen LogP contribution in [0.1, 0.15) is 39.0 Å². The Kier molecular flexibility index (Phi) is 3.56. The van der Waals surface area contributed by atoms with Gasteiger partial charge in [-0.2, -0.15) is 11.8 Å². The van der Waals surface area contributed by atoms with E-state index in [-0.39, 0.29) is 0 Å². The molecule has 0 bridgehead atoms. The summed E-state index contributed by atoms with van der Waals surface area (Å²) in [6.45, 7) is 3.63. The van der Waals surface area contributed by atoms with Crippen LogP contribution in [0.25, 0.3) is 0 Å². The van der Waals surface area contributed by atoms with Gasteiger partial charge in [-0.15, -0.1) is 0 Å². The van der Waals surface area contributed by atoms with Crippen molar-refractivity contribution in [3.05, 3.63) is 0 Å². The van der Waals surface area contributed by atoms with Crippen LogP contribution in [-0.4, -0.2) is 23.6 Å². The predicted molar refractivity (Wildman–Crippen MR) is 60.3 cm³/mol. The number of thioether (sulfide) groups is 1. The van der Waals surface area contributed by atoms with E-state index in [2.05, 4.69) is 24.0 Å². The molecule has 1 saturated carbocycles. The van der Waals surface area contributed by atoms with Crippen LogP contribution in [0.2, 0.25) is 0 Å². The van der Waals surface area contributed by atoms with Crippen molar-refractivity contribution >= 4 is 11.8 Å². The maximum Gasteiger partial charge on any atom is 0.0172 e. The lowest BCUT2D eigenvalue weighted by Crippen LogP contribution is -2.45. The van der Waals surface area contributed by atoms with Gasteiger partial charge >= 0.3 is 0 Å². The van der Waals surface area contributed by atoms with Crippen LogP contribution in [0.5, 0.6) is 0 Å². The fourth-order valence-corrected chi connectivity index (χ4v) is 3.47. The first-order chi connectivity index (χ1) is 6.36. The molecule has 0 amide bonds. The Labute approximate surface area is 86.0 Å². The van der Waals surface area contributed by atoms with E-state index in [4.69, 9.17) is 0 Å². The molecule has 1 aliphatic heterocycles. The summed E-state index contributed by atoms with van der Waals surface area (Å²) in [7, 11) is 0. The summed E-state index contributed by atoms with van der Waals surface area (Å²) in [6, 6.07) is 0.850. The number of nitrogens with one attached hydrogen (secondary N) is 1. The number of hydrogen-bond donors (Lipinski definition) is 1. The Morgan fingerprint density at radius 1 is 1.23 bits per heavy atom. The highest BCUT2D eigenvalue weighted by molar-refractivity contribution is 7.99. The number of rotatable bonds is 3. The van der Waals surface area contributed by atoms with Gasteiger partial charge in [0.15, 0.2) is 0 Å². The molecule has 0 radical (unpaired) electrons. The van der Waals surface area contributed by atoms with Gasteiger partial charge in [0.25, 0.3) is 0 Å². The molecule has 13 heavy (non-hydrogen) atoms. The molecule has 0 aromatic heterocycles. The van der Waals surface area contributed by atoms with Gasteiger partial charge < -0.3 is 5.32 Å². The SMILES string of the molecule is CC1CCC1NCC1CCCCS1. The smallest absolute Gasteiger partial charge is 0.0172 e. The van der Waals surface area contributed by atoms with Gasteiger partial charge in [0.1, 0.15) is 0 Å². The predicted octanol–water partition coefficient (Wildman–Crippen LogP) is 2.66. The zero-order valence-electron chi connectivity index (χ0n) is 8.59. The second kappa shape index (κ2) is 4.70. The van der Waals surface area contributed by atoms with E-state index in [0.717, 1.165) is 17.2 Å². The van der Waals surface area contributed by atoms with Gasteiger partial charge in [-0.25, -0.2) is 0 Å². The van der Waals surface area contributed by atoms with Crippen LogP contribution in [0.3, 0.4) is 0 Å². The van der Waals surface area contributed by atoms with Gasteiger partial charge in [0.05, 0.1) is 0 Å². The Balaban J connectivity index is 1.61. The molecule has 3 atom stereocenters. The van der Waals surface area contributed by atoms with Crippen LogP contribution < -0.4 is 5.32 Å². The van der Waals surface area contributed by atoms with Crippen molar-refractivity contribution in [1.29, 1.82) is 0 Å². The standard InChI is InChI=1S/C11H21NS/c1-9-5-6-11(9)12-8-10-4-2-3-7-13-10/h9-12H,2-8H2,1H3. The van der Waals surface area contributed by atoms with E-state index in [1.54, 1.807) is 0 Å². The van der Waals surface area contributed by atoms with Crippen molar-refractivity contribution < 1.29 is 0 Å². The highest BCUT2D eigenvalue weighted by Crippen LogP contribution is 2.28. The largest absolute Gasteiger partial charge is 0.313 e. The minimum absolute atomic E-state index is 0.850. The second-order valence-corrected chi connectivity index (χ2v) is 5.97. The molecule has 2 fully saturated rings. The third-order valence-electron chi connectivity index (χ3n) is 3.50. The molecule has 1 N–H and O–H groups in total. The summed E-state index contributed by atoms with van der Waals surface area (Å²) in [5.41, 5.74) is 0. The lowest BCUT2D eigenvalue weighted by Gasteiger charge is -2.36. The molecule has 1 aliphatic carbocycles. The molecule has 1 nitrogen and oxygen atoms in total. The van der Waals surface area contributed by atoms with Crippen molar-refractivity contribution in [2.45, 2.75) is 50.3 Å². The fraction of sp³-hybridized carbons (Fsp3) is 1.00. The van der Waals surface area contributed by atoms with Gasteiger partial charge in [-0.1, -0.05) is 13.3 Å². The zero-order chi connectivity index (χ0) is 9.10. The molecule has 76 valence electrons. The average molecular weight is 199 g/mol.